The summed E-state index contributed by atoms with van der Waals surface area (Å²) in [6.45, 7) is 5.47. The van der Waals surface area contributed by atoms with E-state index >= 15 is 0 Å². The van der Waals surface area contributed by atoms with Gasteiger partial charge in [0.2, 0.25) is 5.91 Å². The molecule has 0 aromatic rings. The first-order valence-electron chi connectivity index (χ1n) is 8.25. The van der Waals surface area contributed by atoms with E-state index in [1.807, 2.05) is 0 Å². The van der Waals surface area contributed by atoms with Crippen molar-refractivity contribution in [1.29, 1.82) is 0 Å². The molecule has 112 valence electrons. The zero-order valence-corrected chi connectivity index (χ0v) is 12.8. The molecule has 2 N–H and O–H groups in total. The van der Waals surface area contributed by atoms with E-state index in [4.69, 9.17) is 0 Å². The molecule has 1 unspecified atom stereocenters. The van der Waals surface area contributed by atoms with Crippen molar-refractivity contribution in [2.75, 3.05) is 6.54 Å². The molecule has 1 aliphatic carbocycles. The van der Waals surface area contributed by atoms with E-state index in [1.54, 1.807) is 0 Å². The molecule has 3 heteroatoms. The fraction of sp³-hybridized carbons (Fsp3) is 0.938. The van der Waals surface area contributed by atoms with E-state index in [2.05, 4.69) is 24.5 Å². The van der Waals surface area contributed by atoms with Crippen LogP contribution in [0.3, 0.4) is 0 Å². The van der Waals surface area contributed by atoms with Crippen LogP contribution in [0.25, 0.3) is 0 Å². The monoisotopic (exact) mass is 268 g/mol. The number of amides is 1. The topological polar surface area (TPSA) is 41.1 Å². The standard InChI is InChI=1S/C16H32N2O/c1-3-4-5-6-7-9-14(2)17-13-8-10-16(19)18-15-11-12-15/h14-15,17H,3-13H2,1-2H3,(H,18,19). The van der Waals surface area contributed by atoms with Crippen LogP contribution in [0.5, 0.6) is 0 Å². The van der Waals surface area contributed by atoms with Gasteiger partial charge in [0, 0.05) is 18.5 Å². The zero-order valence-electron chi connectivity index (χ0n) is 12.8. The quantitative estimate of drug-likeness (QED) is 0.533. The van der Waals surface area contributed by atoms with E-state index < -0.39 is 0 Å². The summed E-state index contributed by atoms with van der Waals surface area (Å²) in [6, 6.07) is 1.09. The van der Waals surface area contributed by atoms with Crippen molar-refractivity contribution in [2.24, 2.45) is 0 Å². The molecule has 0 spiro atoms. The number of carbonyl (C=O) groups is 1. The highest BCUT2D eigenvalue weighted by Crippen LogP contribution is 2.18. The molecule has 3 nitrogen and oxygen atoms in total. The molecule has 19 heavy (non-hydrogen) atoms. The minimum Gasteiger partial charge on any atom is -0.353 e. The van der Waals surface area contributed by atoms with Gasteiger partial charge < -0.3 is 10.6 Å². The molecule has 0 radical (unpaired) electrons. The van der Waals surface area contributed by atoms with E-state index in [9.17, 15) is 4.79 Å². The molecule has 0 saturated heterocycles. The van der Waals surface area contributed by atoms with Gasteiger partial charge in [0.1, 0.15) is 0 Å². The van der Waals surface area contributed by atoms with Gasteiger partial charge in [0.15, 0.2) is 0 Å². The van der Waals surface area contributed by atoms with Crippen LogP contribution in [0.15, 0.2) is 0 Å². The Hall–Kier alpha value is -0.570. The maximum atomic E-state index is 11.5. The summed E-state index contributed by atoms with van der Waals surface area (Å²) in [5.41, 5.74) is 0. The van der Waals surface area contributed by atoms with E-state index in [1.165, 1.54) is 51.4 Å². The van der Waals surface area contributed by atoms with Crippen molar-refractivity contribution in [3.8, 4) is 0 Å². The van der Waals surface area contributed by atoms with Crippen LogP contribution >= 0.6 is 0 Å². The molecule has 0 aromatic carbocycles. The Bertz CT molecular complexity index is 239. The number of unbranched alkanes of at least 4 members (excludes halogenated alkanes) is 4. The SMILES string of the molecule is CCCCCCCC(C)NCCCC(=O)NC1CC1. The third-order valence-electron chi connectivity index (χ3n) is 3.76. The molecule has 1 saturated carbocycles. The number of nitrogens with one attached hydrogen (secondary N) is 2. The number of rotatable bonds is 12. The largest absolute Gasteiger partial charge is 0.353 e. The van der Waals surface area contributed by atoms with Gasteiger partial charge in [-0.05, 0) is 39.2 Å². The van der Waals surface area contributed by atoms with Gasteiger partial charge >= 0.3 is 0 Å². The minimum absolute atomic E-state index is 0.233. The van der Waals surface area contributed by atoms with Crippen molar-refractivity contribution in [3.63, 3.8) is 0 Å². The third-order valence-corrected chi connectivity index (χ3v) is 3.76. The van der Waals surface area contributed by atoms with Crippen molar-refractivity contribution in [1.82, 2.24) is 10.6 Å². The van der Waals surface area contributed by atoms with E-state index in [0.717, 1.165) is 13.0 Å². The first kappa shape index (κ1) is 16.5. The second-order valence-corrected chi connectivity index (χ2v) is 6.00. The van der Waals surface area contributed by atoms with Crippen LogP contribution < -0.4 is 10.6 Å². The molecular formula is C16H32N2O. The highest BCUT2D eigenvalue weighted by Gasteiger charge is 2.22. The Balaban J connectivity index is 1.83. The highest BCUT2D eigenvalue weighted by atomic mass is 16.1. The second-order valence-electron chi connectivity index (χ2n) is 6.00. The summed E-state index contributed by atoms with van der Waals surface area (Å²) in [5, 5.41) is 6.55. The number of carbonyl (C=O) groups excluding carboxylic acids is 1. The molecule has 1 aliphatic rings. The Kier molecular flexibility index (Phi) is 8.89. The Labute approximate surface area is 118 Å². The van der Waals surface area contributed by atoms with E-state index in [0.29, 0.717) is 18.5 Å². The van der Waals surface area contributed by atoms with Crippen molar-refractivity contribution in [3.05, 3.63) is 0 Å². The molecule has 0 aromatic heterocycles. The maximum absolute atomic E-state index is 11.5. The summed E-state index contributed by atoms with van der Waals surface area (Å²) < 4.78 is 0. The fourth-order valence-electron chi connectivity index (χ4n) is 2.28. The molecule has 1 atom stereocenters. The zero-order chi connectivity index (χ0) is 13.9. The molecule has 0 heterocycles. The lowest BCUT2D eigenvalue weighted by Crippen LogP contribution is -2.29. The van der Waals surface area contributed by atoms with Gasteiger partial charge in [0.25, 0.3) is 0 Å². The lowest BCUT2D eigenvalue weighted by atomic mass is 10.1. The minimum atomic E-state index is 0.233. The Morgan fingerprint density at radius 2 is 1.89 bits per heavy atom. The smallest absolute Gasteiger partial charge is 0.220 e. The van der Waals surface area contributed by atoms with Crippen molar-refractivity contribution >= 4 is 5.91 Å². The van der Waals surface area contributed by atoms with Crippen LogP contribution in [0.2, 0.25) is 0 Å². The molecular weight excluding hydrogens is 236 g/mol. The summed E-state index contributed by atoms with van der Waals surface area (Å²) in [6.07, 6.45) is 12.0. The first-order chi connectivity index (χ1) is 9.22. The van der Waals surface area contributed by atoms with Gasteiger partial charge in [-0.2, -0.15) is 0 Å². The van der Waals surface area contributed by atoms with Gasteiger partial charge in [-0.25, -0.2) is 0 Å². The number of hydrogen-bond donors (Lipinski definition) is 2. The Morgan fingerprint density at radius 1 is 1.16 bits per heavy atom. The summed E-state index contributed by atoms with van der Waals surface area (Å²) in [5.74, 6) is 0.233. The predicted octanol–water partition coefficient (Wildman–Crippen LogP) is 3.38. The fourth-order valence-corrected chi connectivity index (χ4v) is 2.28. The van der Waals surface area contributed by atoms with Gasteiger partial charge in [0.05, 0.1) is 0 Å². The van der Waals surface area contributed by atoms with Gasteiger partial charge in [-0.1, -0.05) is 39.0 Å². The first-order valence-corrected chi connectivity index (χ1v) is 8.25. The van der Waals surface area contributed by atoms with Crippen LogP contribution in [0.1, 0.15) is 78.1 Å². The van der Waals surface area contributed by atoms with Gasteiger partial charge in [-0.15, -0.1) is 0 Å². The maximum Gasteiger partial charge on any atom is 0.220 e. The third kappa shape index (κ3) is 9.94. The van der Waals surface area contributed by atoms with Crippen molar-refractivity contribution in [2.45, 2.75) is 90.1 Å². The molecule has 1 rings (SSSR count). The summed E-state index contributed by atoms with van der Waals surface area (Å²) in [7, 11) is 0. The molecule has 1 fully saturated rings. The summed E-state index contributed by atoms with van der Waals surface area (Å²) in [4.78, 5) is 11.5. The predicted molar refractivity (Wildman–Crippen MR) is 81.2 cm³/mol. The van der Waals surface area contributed by atoms with Crippen LogP contribution in [0.4, 0.5) is 0 Å². The second kappa shape index (κ2) is 10.2. The summed E-state index contributed by atoms with van der Waals surface area (Å²) >= 11 is 0. The van der Waals surface area contributed by atoms with Crippen LogP contribution in [-0.2, 0) is 4.79 Å². The normalized spacial score (nSPS) is 16.3. The Morgan fingerprint density at radius 3 is 2.58 bits per heavy atom. The van der Waals surface area contributed by atoms with E-state index in [-0.39, 0.29) is 5.91 Å². The molecule has 0 bridgehead atoms. The highest BCUT2D eigenvalue weighted by molar-refractivity contribution is 5.76. The lowest BCUT2D eigenvalue weighted by Gasteiger charge is -2.13. The average Bonchev–Trinajstić information content (AvgIpc) is 3.18. The molecule has 0 aliphatic heterocycles. The molecule has 1 amide bonds. The van der Waals surface area contributed by atoms with Gasteiger partial charge in [-0.3, -0.25) is 4.79 Å². The van der Waals surface area contributed by atoms with Crippen LogP contribution in [-0.4, -0.2) is 24.5 Å². The average molecular weight is 268 g/mol. The number of hydrogen-bond acceptors (Lipinski definition) is 2. The van der Waals surface area contributed by atoms with Crippen LogP contribution in [0, 0.1) is 0 Å². The van der Waals surface area contributed by atoms with Crippen molar-refractivity contribution < 1.29 is 4.79 Å². The lowest BCUT2D eigenvalue weighted by molar-refractivity contribution is -0.121.